The summed E-state index contributed by atoms with van der Waals surface area (Å²) in [4.78, 5) is 0. The van der Waals surface area contributed by atoms with E-state index in [1.54, 1.807) is 0 Å². The van der Waals surface area contributed by atoms with Crippen LogP contribution in [0.4, 0.5) is 0 Å². The maximum Gasteiger partial charge on any atom is 0.108 e. The molecule has 1 atom stereocenters. The highest BCUT2D eigenvalue weighted by atomic mass is 16.3. The third kappa shape index (κ3) is 2.91. The van der Waals surface area contributed by atoms with Crippen molar-refractivity contribution in [1.29, 1.82) is 0 Å². The van der Waals surface area contributed by atoms with Gasteiger partial charge in [-0.05, 0) is 18.9 Å². The molecule has 0 bridgehead atoms. The van der Waals surface area contributed by atoms with Gasteiger partial charge < -0.3 is 9.73 Å². The average Bonchev–Trinajstić information content (AvgIpc) is 3.01. The Hall–Kier alpha value is -1.55. The lowest BCUT2D eigenvalue weighted by Crippen LogP contribution is -2.25. The van der Waals surface area contributed by atoms with Gasteiger partial charge in [0, 0.05) is 48.8 Å². The van der Waals surface area contributed by atoms with E-state index in [4.69, 9.17) is 4.42 Å². The highest BCUT2D eigenvalue weighted by Crippen LogP contribution is 2.31. The molecule has 2 heterocycles. The van der Waals surface area contributed by atoms with Gasteiger partial charge in [0.2, 0.25) is 0 Å². The van der Waals surface area contributed by atoms with Gasteiger partial charge in [-0.15, -0.1) is 0 Å². The van der Waals surface area contributed by atoms with Crippen LogP contribution in [0.3, 0.4) is 0 Å². The van der Waals surface area contributed by atoms with Gasteiger partial charge in [-0.3, -0.25) is 4.68 Å². The van der Waals surface area contributed by atoms with E-state index in [9.17, 15) is 0 Å². The number of aromatic nitrogens is 2. The zero-order valence-electron chi connectivity index (χ0n) is 13.4. The maximum absolute atomic E-state index is 5.56. The molecule has 0 saturated carbocycles. The molecule has 1 aliphatic rings. The molecule has 0 saturated heterocycles. The third-order valence-corrected chi connectivity index (χ3v) is 4.21. The Labute approximate surface area is 126 Å². The first-order chi connectivity index (χ1) is 9.95. The number of nitrogens with zero attached hydrogens (tertiary/aromatic N) is 2. The number of furan rings is 1. The quantitative estimate of drug-likeness (QED) is 0.940. The molecule has 4 heteroatoms. The van der Waals surface area contributed by atoms with Crippen molar-refractivity contribution in [3.63, 3.8) is 0 Å². The fourth-order valence-electron chi connectivity index (χ4n) is 3.23. The Morgan fingerprint density at radius 3 is 3.00 bits per heavy atom. The van der Waals surface area contributed by atoms with Gasteiger partial charge in [-0.25, -0.2) is 0 Å². The van der Waals surface area contributed by atoms with E-state index in [1.807, 2.05) is 18.0 Å². The van der Waals surface area contributed by atoms with E-state index in [2.05, 4.69) is 43.4 Å². The summed E-state index contributed by atoms with van der Waals surface area (Å²) in [6.07, 6.45) is 7.39. The molecule has 4 nitrogen and oxygen atoms in total. The molecular formula is C17H25N3O. The molecule has 2 aromatic heterocycles. The second-order valence-electron chi connectivity index (χ2n) is 7.05. The summed E-state index contributed by atoms with van der Waals surface area (Å²) >= 11 is 0. The molecule has 114 valence electrons. The van der Waals surface area contributed by atoms with Gasteiger partial charge in [-0.2, -0.15) is 5.10 Å². The standard InChI is InChI=1S/C17H25N3O/c1-17(2,3)16-12(11-20(4)19-16)10-18-14-6-5-7-15-13(14)8-9-21-15/h8-9,11,14,18H,5-7,10H2,1-4H3. The normalized spacial score (nSPS) is 18.8. The predicted molar refractivity (Wildman–Crippen MR) is 83.1 cm³/mol. The van der Waals surface area contributed by atoms with Crippen LogP contribution in [0.25, 0.3) is 0 Å². The van der Waals surface area contributed by atoms with E-state index in [0.29, 0.717) is 6.04 Å². The highest BCUT2D eigenvalue weighted by Gasteiger charge is 2.25. The number of fused-ring (bicyclic) bond motifs is 1. The Kier molecular flexibility index (Phi) is 3.66. The van der Waals surface area contributed by atoms with Crippen LogP contribution in [0.1, 0.15) is 62.2 Å². The largest absolute Gasteiger partial charge is 0.469 e. The minimum absolute atomic E-state index is 0.0750. The van der Waals surface area contributed by atoms with Gasteiger partial charge >= 0.3 is 0 Å². The van der Waals surface area contributed by atoms with Crippen LogP contribution in [0.2, 0.25) is 0 Å². The van der Waals surface area contributed by atoms with Crippen molar-refractivity contribution in [2.75, 3.05) is 0 Å². The molecule has 0 fully saturated rings. The maximum atomic E-state index is 5.56. The molecule has 3 rings (SSSR count). The van der Waals surface area contributed by atoms with Crippen LogP contribution in [0, 0.1) is 0 Å². The Morgan fingerprint density at radius 2 is 2.24 bits per heavy atom. The first-order valence-corrected chi connectivity index (χ1v) is 7.78. The van der Waals surface area contributed by atoms with Crippen molar-refractivity contribution in [3.8, 4) is 0 Å². The number of hydrogen-bond acceptors (Lipinski definition) is 3. The molecule has 21 heavy (non-hydrogen) atoms. The topological polar surface area (TPSA) is 43.0 Å². The smallest absolute Gasteiger partial charge is 0.108 e. The SMILES string of the molecule is Cn1cc(CNC2CCCc3occc32)c(C(C)(C)C)n1. The minimum atomic E-state index is 0.0750. The Bertz CT molecular complexity index is 618. The number of rotatable bonds is 3. The van der Waals surface area contributed by atoms with Crippen LogP contribution in [-0.4, -0.2) is 9.78 Å². The lowest BCUT2D eigenvalue weighted by molar-refractivity contribution is 0.409. The lowest BCUT2D eigenvalue weighted by Gasteiger charge is -2.24. The third-order valence-electron chi connectivity index (χ3n) is 4.21. The average molecular weight is 287 g/mol. The molecule has 0 aliphatic heterocycles. The molecule has 1 unspecified atom stereocenters. The van der Waals surface area contributed by atoms with Gasteiger partial charge in [0.25, 0.3) is 0 Å². The van der Waals surface area contributed by atoms with E-state index >= 15 is 0 Å². The highest BCUT2D eigenvalue weighted by molar-refractivity contribution is 5.26. The Morgan fingerprint density at radius 1 is 1.43 bits per heavy atom. The van der Waals surface area contributed by atoms with Gasteiger partial charge in [-0.1, -0.05) is 20.8 Å². The molecule has 1 N–H and O–H groups in total. The van der Waals surface area contributed by atoms with Gasteiger partial charge in [0.05, 0.1) is 12.0 Å². The van der Waals surface area contributed by atoms with Crippen molar-refractivity contribution in [1.82, 2.24) is 15.1 Å². The van der Waals surface area contributed by atoms with E-state index in [1.165, 1.54) is 29.7 Å². The number of nitrogens with one attached hydrogen (secondary N) is 1. The fraction of sp³-hybridized carbons (Fsp3) is 0.588. The van der Waals surface area contributed by atoms with E-state index in [0.717, 1.165) is 18.7 Å². The summed E-state index contributed by atoms with van der Waals surface area (Å²) in [7, 11) is 1.99. The molecule has 1 aliphatic carbocycles. The van der Waals surface area contributed by atoms with Crippen LogP contribution in [-0.2, 0) is 25.4 Å². The molecule has 0 radical (unpaired) electrons. The van der Waals surface area contributed by atoms with E-state index < -0.39 is 0 Å². The molecule has 0 spiro atoms. The van der Waals surface area contributed by atoms with Crippen LogP contribution < -0.4 is 5.32 Å². The van der Waals surface area contributed by atoms with Crippen molar-refractivity contribution >= 4 is 0 Å². The van der Waals surface area contributed by atoms with Crippen molar-refractivity contribution < 1.29 is 4.42 Å². The minimum Gasteiger partial charge on any atom is -0.469 e. The van der Waals surface area contributed by atoms with E-state index in [-0.39, 0.29) is 5.41 Å². The monoisotopic (exact) mass is 287 g/mol. The molecule has 2 aromatic rings. The zero-order chi connectivity index (χ0) is 15.0. The van der Waals surface area contributed by atoms with Gasteiger partial charge in [0.15, 0.2) is 0 Å². The van der Waals surface area contributed by atoms with Gasteiger partial charge in [0.1, 0.15) is 5.76 Å². The van der Waals surface area contributed by atoms with Crippen LogP contribution >= 0.6 is 0 Å². The van der Waals surface area contributed by atoms with Crippen molar-refractivity contribution in [2.45, 2.75) is 58.0 Å². The summed E-state index contributed by atoms with van der Waals surface area (Å²) in [5, 5.41) is 8.33. The predicted octanol–water partition coefficient (Wildman–Crippen LogP) is 3.48. The molecule has 0 aromatic carbocycles. The summed E-state index contributed by atoms with van der Waals surface area (Å²) < 4.78 is 7.48. The number of aryl methyl sites for hydroxylation is 2. The second-order valence-corrected chi connectivity index (χ2v) is 7.05. The van der Waals surface area contributed by atoms with Crippen LogP contribution in [0.5, 0.6) is 0 Å². The van der Waals surface area contributed by atoms with Crippen molar-refractivity contribution in [3.05, 3.63) is 41.1 Å². The molecular weight excluding hydrogens is 262 g/mol. The summed E-state index contributed by atoms with van der Waals surface area (Å²) in [5.74, 6) is 1.15. The summed E-state index contributed by atoms with van der Waals surface area (Å²) in [5.41, 5.74) is 3.88. The first-order valence-electron chi connectivity index (χ1n) is 7.78. The Balaban J connectivity index is 1.75. The summed E-state index contributed by atoms with van der Waals surface area (Å²) in [6.45, 7) is 7.50. The lowest BCUT2D eigenvalue weighted by atomic mass is 9.89. The first kappa shape index (κ1) is 14.4. The number of hydrogen-bond donors (Lipinski definition) is 1. The molecule has 0 amide bonds. The zero-order valence-corrected chi connectivity index (χ0v) is 13.4. The second kappa shape index (κ2) is 5.34. The fourth-order valence-corrected chi connectivity index (χ4v) is 3.23. The summed E-state index contributed by atoms with van der Waals surface area (Å²) in [6, 6.07) is 2.51. The van der Waals surface area contributed by atoms with Crippen LogP contribution in [0.15, 0.2) is 22.9 Å². The van der Waals surface area contributed by atoms with Crippen molar-refractivity contribution in [2.24, 2.45) is 7.05 Å².